The molecule has 2 aromatic rings. The van der Waals surface area contributed by atoms with Gasteiger partial charge < -0.3 is 15.1 Å². The summed E-state index contributed by atoms with van der Waals surface area (Å²) >= 11 is 0. The Balaban J connectivity index is 1.45. The van der Waals surface area contributed by atoms with E-state index < -0.39 is 0 Å². The maximum atomic E-state index is 12.4. The largest absolute Gasteiger partial charge is 0.353 e. The van der Waals surface area contributed by atoms with Gasteiger partial charge in [-0.2, -0.15) is 0 Å². The Morgan fingerprint density at radius 1 is 1.08 bits per heavy atom. The zero-order chi connectivity index (χ0) is 16.8. The Bertz CT molecular complexity index is 639. The molecule has 1 aliphatic rings. The molecule has 1 unspecified atom stereocenters. The predicted molar refractivity (Wildman–Crippen MR) is 95.9 cm³/mol. The van der Waals surface area contributed by atoms with Crippen LogP contribution in [-0.4, -0.2) is 48.5 Å². The van der Waals surface area contributed by atoms with Crippen LogP contribution in [0, 0.1) is 0 Å². The van der Waals surface area contributed by atoms with Gasteiger partial charge in [-0.3, -0.25) is 4.79 Å². The van der Waals surface area contributed by atoms with Crippen molar-refractivity contribution in [2.45, 2.75) is 13.0 Å². The van der Waals surface area contributed by atoms with E-state index in [2.05, 4.69) is 34.3 Å². The summed E-state index contributed by atoms with van der Waals surface area (Å²) in [5.41, 5.74) is 1.20. The van der Waals surface area contributed by atoms with Crippen molar-refractivity contribution in [2.75, 3.05) is 37.6 Å². The highest BCUT2D eigenvalue weighted by Crippen LogP contribution is 2.13. The number of rotatable bonds is 5. The highest BCUT2D eigenvalue weighted by Gasteiger charge is 2.21. The first-order valence-corrected chi connectivity index (χ1v) is 8.46. The first-order chi connectivity index (χ1) is 11.7. The van der Waals surface area contributed by atoms with Gasteiger partial charge in [0.15, 0.2) is 0 Å². The number of piperazine rings is 1. The minimum absolute atomic E-state index is 0.165. The fourth-order valence-electron chi connectivity index (χ4n) is 2.94. The topological polar surface area (TPSA) is 48.5 Å². The van der Waals surface area contributed by atoms with Gasteiger partial charge in [-0.25, -0.2) is 4.98 Å². The van der Waals surface area contributed by atoms with Crippen molar-refractivity contribution < 1.29 is 4.79 Å². The van der Waals surface area contributed by atoms with Crippen LogP contribution in [0.2, 0.25) is 0 Å². The zero-order valence-electron chi connectivity index (χ0n) is 14.1. The molecule has 0 aliphatic carbocycles. The number of nitrogens with one attached hydrogen (secondary N) is 1. The fourth-order valence-corrected chi connectivity index (χ4v) is 2.94. The Morgan fingerprint density at radius 2 is 1.79 bits per heavy atom. The van der Waals surface area contributed by atoms with Gasteiger partial charge in [0.25, 0.3) is 0 Å². The molecule has 0 spiro atoms. The average Bonchev–Trinajstić information content (AvgIpc) is 2.67. The quantitative estimate of drug-likeness (QED) is 0.915. The summed E-state index contributed by atoms with van der Waals surface area (Å²) in [5.74, 6) is 1.15. The summed E-state index contributed by atoms with van der Waals surface area (Å²) in [4.78, 5) is 20.9. The minimum atomic E-state index is 0.165. The monoisotopic (exact) mass is 324 g/mol. The van der Waals surface area contributed by atoms with Crippen LogP contribution < -0.4 is 10.2 Å². The van der Waals surface area contributed by atoms with Gasteiger partial charge in [-0.05, 0) is 24.6 Å². The molecule has 3 rings (SSSR count). The first-order valence-electron chi connectivity index (χ1n) is 8.46. The standard InChI is InChI=1S/C19H24N4O/c1-16(17-7-3-2-4-8-17)21-15-19(24)23-13-11-22(12-14-23)18-9-5-6-10-20-18/h2-10,16,21H,11-15H2,1H3. The number of anilines is 1. The lowest BCUT2D eigenvalue weighted by Gasteiger charge is -2.35. The second kappa shape index (κ2) is 7.93. The lowest BCUT2D eigenvalue weighted by Crippen LogP contribution is -2.51. The van der Waals surface area contributed by atoms with Crippen molar-refractivity contribution >= 4 is 11.7 Å². The lowest BCUT2D eigenvalue weighted by molar-refractivity contribution is -0.130. The van der Waals surface area contributed by atoms with E-state index in [0.717, 1.165) is 32.0 Å². The summed E-state index contributed by atoms with van der Waals surface area (Å²) in [6.45, 7) is 5.61. The highest BCUT2D eigenvalue weighted by molar-refractivity contribution is 5.78. The van der Waals surface area contributed by atoms with Crippen molar-refractivity contribution in [3.8, 4) is 0 Å². The lowest BCUT2D eigenvalue weighted by atomic mass is 10.1. The molecule has 126 valence electrons. The molecule has 1 amide bonds. The third-order valence-corrected chi connectivity index (χ3v) is 4.46. The summed E-state index contributed by atoms with van der Waals surface area (Å²) in [6.07, 6.45) is 1.81. The van der Waals surface area contributed by atoms with E-state index in [9.17, 15) is 4.79 Å². The number of carbonyl (C=O) groups excluding carboxylic acids is 1. The van der Waals surface area contributed by atoms with E-state index in [1.165, 1.54) is 5.56 Å². The van der Waals surface area contributed by atoms with E-state index in [0.29, 0.717) is 6.54 Å². The maximum Gasteiger partial charge on any atom is 0.236 e. The average molecular weight is 324 g/mol. The summed E-state index contributed by atoms with van der Waals surface area (Å²) in [5, 5.41) is 3.32. The molecule has 1 aromatic carbocycles. The Labute approximate surface area is 143 Å². The van der Waals surface area contributed by atoms with Crippen LogP contribution in [0.25, 0.3) is 0 Å². The fraction of sp³-hybridized carbons (Fsp3) is 0.368. The summed E-state index contributed by atoms with van der Waals surface area (Å²) < 4.78 is 0. The molecule has 1 aromatic heterocycles. The SMILES string of the molecule is CC(NCC(=O)N1CCN(c2ccccn2)CC1)c1ccccc1. The van der Waals surface area contributed by atoms with Crippen LogP contribution in [0.1, 0.15) is 18.5 Å². The van der Waals surface area contributed by atoms with Crippen molar-refractivity contribution in [1.29, 1.82) is 0 Å². The third-order valence-electron chi connectivity index (χ3n) is 4.46. The van der Waals surface area contributed by atoms with Gasteiger partial charge in [0.2, 0.25) is 5.91 Å². The van der Waals surface area contributed by atoms with Crippen LogP contribution in [-0.2, 0) is 4.79 Å². The molecule has 5 nitrogen and oxygen atoms in total. The van der Waals surface area contributed by atoms with Crippen LogP contribution >= 0.6 is 0 Å². The van der Waals surface area contributed by atoms with Crippen molar-refractivity contribution in [2.24, 2.45) is 0 Å². The maximum absolute atomic E-state index is 12.4. The number of benzene rings is 1. The predicted octanol–water partition coefficient (Wildman–Crippen LogP) is 2.08. The molecule has 1 N–H and O–H groups in total. The van der Waals surface area contributed by atoms with Gasteiger partial charge in [0.1, 0.15) is 5.82 Å². The number of carbonyl (C=O) groups is 1. The van der Waals surface area contributed by atoms with E-state index in [1.54, 1.807) is 0 Å². The van der Waals surface area contributed by atoms with Crippen LogP contribution in [0.15, 0.2) is 54.7 Å². The number of hydrogen-bond donors (Lipinski definition) is 1. The highest BCUT2D eigenvalue weighted by atomic mass is 16.2. The molecule has 0 radical (unpaired) electrons. The van der Waals surface area contributed by atoms with Crippen LogP contribution in [0.4, 0.5) is 5.82 Å². The van der Waals surface area contributed by atoms with E-state index in [4.69, 9.17) is 0 Å². The normalized spacial score (nSPS) is 16.0. The van der Waals surface area contributed by atoms with Crippen LogP contribution in [0.3, 0.4) is 0 Å². The van der Waals surface area contributed by atoms with E-state index in [1.807, 2.05) is 47.5 Å². The van der Waals surface area contributed by atoms with Crippen LogP contribution in [0.5, 0.6) is 0 Å². The van der Waals surface area contributed by atoms with Crippen molar-refractivity contribution in [3.63, 3.8) is 0 Å². The molecule has 0 saturated carbocycles. The van der Waals surface area contributed by atoms with E-state index >= 15 is 0 Å². The zero-order valence-corrected chi connectivity index (χ0v) is 14.1. The van der Waals surface area contributed by atoms with Gasteiger partial charge in [-0.15, -0.1) is 0 Å². The summed E-state index contributed by atoms with van der Waals surface area (Å²) in [7, 11) is 0. The Hall–Kier alpha value is -2.40. The molecule has 1 saturated heterocycles. The molecule has 24 heavy (non-hydrogen) atoms. The number of amides is 1. The second-order valence-electron chi connectivity index (χ2n) is 6.07. The third kappa shape index (κ3) is 4.11. The summed E-state index contributed by atoms with van der Waals surface area (Å²) in [6, 6.07) is 16.3. The van der Waals surface area contributed by atoms with Gasteiger partial charge in [-0.1, -0.05) is 36.4 Å². The number of hydrogen-bond acceptors (Lipinski definition) is 4. The molecular formula is C19H24N4O. The minimum Gasteiger partial charge on any atom is -0.353 e. The van der Waals surface area contributed by atoms with Gasteiger partial charge in [0, 0.05) is 38.4 Å². The molecule has 0 bridgehead atoms. The molecule has 1 fully saturated rings. The molecule has 2 heterocycles. The van der Waals surface area contributed by atoms with Crippen molar-refractivity contribution in [3.05, 3.63) is 60.3 Å². The number of aromatic nitrogens is 1. The molecule has 5 heteroatoms. The first kappa shape index (κ1) is 16.5. The van der Waals surface area contributed by atoms with Gasteiger partial charge in [0.05, 0.1) is 6.54 Å². The molecular weight excluding hydrogens is 300 g/mol. The Kier molecular flexibility index (Phi) is 5.43. The Morgan fingerprint density at radius 3 is 2.46 bits per heavy atom. The number of nitrogens with zero attached hydrogens (tertiary/aromatic N) is 3. The molecule has 1 atom stereocenters. The second-order valence-corrected chi connectivity index (χ2v) is 6.07. The van der Waals surface area contributed by atoms with Crippen molar-refractivity contribution in [1.82, 2.24) is 15.2 Å². The smallest absolute Gasteiger partial charge is 0.236 e. The van der Waals surface area contributed by atoms with E-state index in [-0.39, 0.29) is 11.9 Å². The van der Waals surface area contributed by atoms with Gasteiger partial charge >= 0.3 is 0 Å². The molecule has 1 aliphatic heterocycles. The number of pyridine rings is 1.